The summed E-state index contributed by atoms with van der Waals surface area (Å²) in [5.41, 5.74) is -1.04. The first-order valence-corrected chi connectivity index (χ1v) is 8.04. The van der Waals surface area contributed by atoms with Crippen LogP contribution in [0.5, 0.6) is 0 Å². The van der Waals surface area contributed by atoms with E-state index in [1.807, 2.05) is 0 Å². The highest BCUT2D eigenvalue weighted by atomic mass is 16.5. The fourth-order valence-electron chi connectivity index (χ4n) is 4.64. The van der Waals surface area contributed by atoms with Crippen molar-refractivity contribution in [2.75, 3.05) is 13.2 Å². The quantitative estimate of drug-likeness (QED) is 0.767. The van der Waals surface area contributed by atoms with Crippen molar-refractivity contribution in [2.45, 2.75) is 45.6 Å². The van der Waals surface area contributed by atoms with Gasteiger partial charge in [0.05, 0.1) is 19.1 Å². The third-order valence-electron chi connectivity index (χ3n) is 5.42. The van der Waals surface area contributed by atoms with E-state index in [2.05, 4.69) is 5.32 Å². The smallest absolute Gasteiger partial charge is 0.332 e. The number of amides is 1. The van der Waals surface area contributed by atoms with Crippen LogP contribution in [0.4, 0.5) is 0 Å². The van der Waals surface area contributed by atoms with E-state index in [4.69, 9.17) is 9.47 Å². The summed E-state index contributed by atoms with van der Waals surface area (Å²) in [6.07, 6.45) is 2.60. The zero-order valence-corrected chi connectivity index (χ0v) is 13.3. The number of ether oxygens (including phenoxy) is 2. The van der Waals surface area contributed by atoms with Gasteiger partial charge in [0.15, 0.2) is 0 Å². The van der Waals surface area contributed by atoms with Gasteiger partial charge in [-0.25, -0.2) is 4.79 Å². The van der Waals surface area contributed by atoms with Crippen LogP contribution in [0.15, 0.2) is 0 Å². The molecule has 0 aromatic rings. The Morgan fingerprint density at radius 1 is 1.09 bits per heavy atom. The second-order valence-electron chi connectivity index (χ2n) is 6.74. The second kappa shape index (κ2) is 4.96. The molecule has 1 N–H and O–H groups in total. The molecule has 3 fully saturated rings. The molecule has 4 atom stereocenters. The first-order chi connectivity index (χ1) is 10.4. The van der Waals surface area contributed by atoms with Crippen molar-refractivity contribution < 1.29 is 23.9 Å². The Balaban J connectivity index is 1.91. The molecule has 0 aromatic heterocycles. The van der Waals surface area contributed by atoms with Gasteiger partial charge in [-0.3, -0.25) is 9.59 Å². The molecular formula is C16H23NO5. The zero-order valence-electron chi connectivity index (χ0n) is 13.3. The monoisotopic (exact) mass is 309 g/mol. The summed E-state index contributed by atoms with van der Waals surface area (Å²) >= 11 is 0. The van der Waals surface area contributed by atoms with Crippen molar-refractivity contribution in [2.24, 2.45) is 23.2 Å². The lowest BCUT2D eigenvalue weighted by Crippen LogP contribution is -2.56. The van der Waals surface area contributed by atoms with Gasteiger partial charge in [-0.05, 0) is 44.4 Å². The van der Waals surface area contributed by atoms with Gasteiger partial charge in [-0.1, -0.05) is 0 Å². The van der Waals surface area contributed by atoms with Crippen LogP contribution < -0.4 is 5.32 Å². The summed E-state index contributed by atoms with van der Waals surface area (Å²) < 4.78 is 10.4. The Hall–Kier alpha value is -1.59. The number of esters is 2. The third-order valence-corrected chi connectivity index (χ3v) is 5.42. The van der Waals surface area contributed by atoms with E-state index in [-0.39, 0.29) is 41.7 Å². The van der Waals surface area contributed by atoms with Crippen LogP contribution in [0.3, 0.4) is 0 Å². The van der Waals surface area contributed by atoms with Crippen molar-refractivity contribution in [3.63, 3.8) is 0 Å². The second-order valence-corrected chi connectivity index (χ2v) is 6.74. The zero-order chi connectivity index (χ0) is 16.1. The third kappa shape index (κ3) is 2.03. The Kier molecular flexibility index (Phi) is 3.45. The number of carbonyl (C=O) groups excluding carboxylic acids is 3. The van der Waals surface area contributed by atoms with E-state index in [0.29, 0.717) is 13.0 Å². The van der Waals surface area contributed by atoms with Crippen LogP contribution in [0.1, 0.15) is 40.0 Å². The molecule has 6 nitrogen and oxygen atoms in total. The van der Waals surface area contributed by atoms with E-state index >= 15 is 0 Å². The summed E-state index contributed by atoms with van der Waals surface area (Å²) in [4.78, 5) is 36.5. The van der Waals surface area contributed by atoms with Gasteiger partial charge in [0.25, 0.3) is 0 Å². The van der Waals surface area contributed by atoms with E-state index < -0.39 is 11.5 Å². The Morgan fingerprint density at radius 2 is 1.73 bits per heavy atom. The van der Waals surface area contributed by atoms with Crippen LogP contribution in [0.2, 0.25) is 0 Å². The molecule has 3 rings (SSSR count). The predicted molar refractivity (Wildman–Crippen MR) is 76.6 cm³/mol. The normalized spacial score (nSPS) is 36.4. The number of rotatable bonds is 5. The number of hydrogen-bond donors (Lipinski definition) is 1. The average molecular weight is 309 g/mol. The highest BCUT2D eigenvalue weighted by molar-refractivity contribution is 5.92. The Bertz CT molecular complexity index is 527. The average Bonchev–Trinajstić information content (AvgIpc) is 3.29. The molecule has 0 unspecified atom stereocenters. The van der Waals surface area contributed by atoms with Crippen molar-refractivity contribution in [3.05, 3.63) is 0 Å². The fourth-order valence-corrected chi connectivity index (χ4v) is 4.64. The maximum atomic E-state index is 12.6. The molecular weight excluding hydrogens is 286 g/mol. The highest BCUT2D eigenvalue weighted by Gasteiger charge is 2.83. The van der Waals surface area contributed by atoms with Crippen molar-refractivity contribution in [1.29, 1.82) is 0 Å². The van der Waals surface area contributed by atoms with Gasteiger partial charge >= 0.3 is 11.9 Å². The lowest BCUT2D eigenvalue weighted by molar-refractivity contribution is -0.156. The van der Waals surface area contributed by atoms with Crippen LogP contribution in [-0.4, -0.2) is 36.6 Å². The number of fused-ring (bicyclic) bond motifs is 2. The maximum Gasteiger partial charge on any atom is 0.332 e. The topological polar surface area (TPSA) is 81.7 Å². The summed E-state index contributed by atoms with van der Waals surface area (Å²) in [5.74, 6) is -1.25. The first-order valence-electron chi connectivity index (χ1n) is 8.04. The minimum atomic E-state index is -1.06. The van der Waals surface area contributed by atoms with Gasteiger partial charge in [-0.2, -0.15) is 0 Å². The molecule has 3 aliphatic rings. The SMILES string of the molecule is CCOC(=O)[C@H]1[C@H]2[C@@H]1[C@](NC(C)=O)(C(=O)OCC)CC21CC1. The Labute approximate surface area is 129 Å². The lowest BCUT2D eigenvalue weighted by atomic mass is 9.84. The van der Waals surface area contributed by atoms with E-state index in [1.165, 1.54) is 6.92 Å². The molecule has 3 saturated carbocycles. The van der Waals surface area contributed by atoms with Crippen LogP contribution in [-0.2, 0) is 23.9 Å². The summed E-state index contributed by atoms with van der Waals surface area (Å²) in [6, 6.07) is 0. The number of nitrogens with one attached hydrogen (secondary N) is 1. The largest absolute Gasteiger partial charge is 0.466 e. The molecule has 122 valence electrons. The molecule has 0 aliphatic heterocycles. The predicted octanol–water partition coefficient (Wildman–Crippen LogP) is 1.03. The van der Waals surface area contributed by atoms with E-state index in [0.717, 1.165) is 12.8 Å². The maximum absolute atomic E-state index is 12.6. The summed E-state index contributed by atoms with van der Waals surface area (Å²) in [7, 11) is 0. The lowest BCUT2D eigenvalue weighted by Gasteiger charge is -2.32. The molecule has 22 heavy (non-hydrogen) atoms. The van der Waals surface area contributed by atoms with Crippen molar-refractivity contribution in [1.82, 2.24) is 5.32 Å². The van der Waals surface area contributed by atoms with Gasteiger partial charge in [0, 0.05) is 12.8 Å². The van der Waals surface area contributed by atoms with Gasteiger partial charge in [-0.15, -0.1) is 0 Å². The summed E-state index contributed by atoms with van der Waals surface area (Å²) in [5, 5.41) is 2.83. The van der Waals surface area contributed by atoms with Gasteiger partial charge in [0.1, 0.15) is 5.54 Å². The molecule has 6 heteroatoms. The van der Waals surface area contributed by atoms with Crippen molar-refractivity contribution in [3.8, 4) is 0 Å². The van der Waals surface area contributed by atoms with Gasteiger partial charge < -0.3 is 14.8 Å². The van der Waals surface area contributed by atoms with Crippen LogP contribution in [0.25, 0.3) is 0 Å². The number of hydrogen-bond acceptors (Lipinski definition) is 5. The van der Waals surface area contributed by atoms with Crippen LogP contribution in [0, 0.1) is 23.2 Å². The van der Waals surface area contributed by atoms with Gasteiger partial charge in [0.2, 0.25) is 5.91 Å². The minimum Gasteiger partial charge on any atom is -0.466 e. The van der Waals surface area contributed by atoms with Crippen molar-refractivity contribution >= 4 is 17.8 Å². The highest BCUT2D eigenvalue weighted by Crippen LogP contribution is 2.78. The molecule has 0 aromatic carbocycles. The first kappa shape index (κ1) is 15.3. The molecule has 0 heterocycles. The molecule has 0 bridgehead atoms. The van der Waals surface area contributed by atoms with E-state index in [1.54, 1.807) is 13.8 Å². The molecule has 3 aliphatic carbocycles. The van der Waals surface area contributed by atoms with Crippen LogP contribution >= 0.6 is 0 Å². The molecule has 0 saturated heterocycles. The number of carbonyl (C=O) groups is 3. The molecule has 0 radical (unpaired) electrons. The Morgan fingerprint density at radius 3 is 2.23 bits per heavy atom. The fraction of sp³-hybridized carbons (Fsp3) is 0.812. The van der Waals surface area contributed by atoms with E-state index in [9.17, 15) is 14.4 Å². The molecule has 1 spiro atoms. The molecule has 1 amide bonds. The minimum absolute atomic E-state index is 0.0112. The standard InChI is InChI=1S/C16H23NO5/c1-4-21-13(19)10-11-12(10)16(17-9(3)18,14(20)22-5-2)8-15(11)6-7-15/h10-12H,4-8H2,1-3H3,(H,17,18)/t10-,11-,12+,16-/m0/s1. The summed E-state index contributed by atoms with van der Waals surface area (Å²) in [6.45, 7) is 5.50.